The Bertz CT molecular complexity index is 857. The number of carbonyl (C=O) groups is 3. The standard InChI is InChI=1S/C19H18BrClN2O4/c1-12-10-13(6-7-14(12)20)22-18(25)11-27-19(26)9-8-17(24)23-16-5-3-2-4-15(16)21/h2-7,10H,8-9,11H2,1H3,(H,22,25)(H,23,24). The molecule has 0 aliphatic carbocycles. The number of hydrogen-bond donors (Lipinski definition) is 2. The minimum atomic E-state index is -0.633. The first-order valence-electron chi connectivity index (χ1n) is 8.11. The van der Waals surface area contributed by atoms with E-state index in [0.29, 0.717) is 16.4 Å². The van der Waals surface area contributed by atoms with E-state index in [0.717, 1.165) is 10.0 Å². The molecule has 142 valence electrons. The summed E-state index contributed by atoms with van der Waals surface area (Å²) in [5.74, 6) is -1.45. The highest BCUT2D eigenvalue weighted by atomic mass is 79.9. The van der Waals surface area contributed by atoms with Gasteiger partial charge in [-0.1, -0.05) is 39.7 Å². The molecule has 27 heavy (non-hydrogen) atoms. The lowest BCUT2D eigenvalue weighted by Gasteiger charge is -2.09. The molecule has 0 saturated heterocycles. The van der Waals surface area contributed by atoms with Gasteiger partial charge in [0.05, 0.1) is 17.1 Å². The summed E-state index contributed by atoms with van der Waals surface area (Å²) >= 11 is 9.32. The number of benzene rings is 2. The number of ether oxygens (including phenoxy) is 1. The van der Waals surface area contributed by atoms with Gasteiger partial charge in [-0.2, -0.15) is 0 Å². The van der Waals surface area contributed by atoms with Crippen LogP contribution < -0.4 is 10.6 Å². The molecule has 0 aliphatic heterocycles. The quantitative estimate of drug-likeness (QED) is 0.612. The third-order valence-electron chi connectivity index (χ3n) is 3.51. The monoisotopic (exact) mass is 452 g/mol. The van der Waals surface area contributed by atoms with Gasteiger partial charge in [0, 0.05) is 16.6 Å². The van der Waals surface area contributed by atoms with Crippen molar-refractivity contribution < 1.29 is 19.1 Å². The Morgan fingerprint density at radius 3 is 2.48 bits per heavy atom. The van der Waals surface area contributed by atoms with E-state index in [1.165, 1.54) is 0 Å². The number of halogens is 2. The van der Waals surface area contributed by atoms with Crippen molar-refractivity contribution in [2.75, 3.05) is 17.2 Å². The third kappa shape index (κ3) is 7.03. The molecule has 0 saturated carbocycles. The van der Waals surface area contributed by atoms with Gasteiger partial charge in [-0.05, 0) is 42.8 Å². The normalized spacial score (nSPS) is 10.2. The number of aryl methyl sites for hydroxylation is 1. The molecule has 2 amide bonds. The number of rotatable bonds is 7. The van der Waals surface area contributed by atoms with Crippen molar-refractivity contribution in [3.8, 4) is 0 Å². The second-order valence-electron chi connectivity index (χ2n) is 5.70. The van der Waals surface area contributed by atoms with Crippen LogP contribution in [-0.2, 0) is 19.1 Å². The van der Waals surface area contributed by atoms with Crippen LogP contribution in [0.15, 0.2) is 46.9 Å². The zero-order chi connectivity index (χ0) is 19.8. The molecule has 2 N–H and O–H groups in total. The number of hydrogen-bond acceptors (Lipinski definition) is 4. The van der Waals surface area contributed by atoms with Crippen molar-refractivity contribution in [2.24, 2.45) is 0 Å². The molecule has 2 rings (SSSR count). The highest BCUT2D eigenvalue weighted by Gasteiger charge is 2.12. The average molecular weight is 454 g/mol. The lowest BCUT2D eigenvalue weighted by Crippen LogP contribution is -2.21. The molecule has 0 atom stereocenters. The Kier molecular flexibility index (Phi) is 7.82. The fourth-order valence-electron chi connectivity index (χ4n) is 2.13. The van der Waals surface area contributed by atoms with Gasteiger partial charge in [-0.15, -0.1) is 0 Å². The van der Waals surface area contributed by atoms with Crippen LogP contribution in [0.1, 0.15) is 18.4 Å². The maximum Gasteiger partial charge on any atom is 0.306 e. The Morgan fingerprint density at radius 1 is 1.04 bits per heavy atom. The van der Waals surface area contributed by atoms with Crippen LogP contribution in [0.3, 0.4) is 0 Å². The van der Waals surface area contributed by atoms with Crippen molar-refractivity contribution in [2.45, 2.75) is 19.8 Å². The van der Waals surface area contributed by atoms with E-state index in [9.17, 15) is 14.4 Å². The summed E-state index contributed by atoms with van der Waals surface area (Å²) in [5.41, 5.74) is 2.05. The number of anilines is 2. The molecule has 0 spiro atoms. The Labute approximate surface area is 170 Å². The van der Waals surface area contributed by atoms with Gasteiger partial charge in [0.1, 0.15) is 0 Å². The number of nitrogens with one attached hydrogen (secondary N) is 2. The fraction of sp³-hybridized carbons (Fsp3) is 0.211. The molecule has 0 radical (unpaired) electrons. The third-order valence-corrected chi connectivity index (χ3v) is 4.73. The Balaban J connectivity index is 1.70. The molecule has 0 unspecified atom stereocenters. The van der Waals surface area contributed by atoms with E-state index in [2.05, 4.69) is 26.6 Å². The molecule has 6 nitrogen and oxygen atoms in total. The largest absolute Gasteiger partial charge is 0.456 e. The van der Waals surface area contributed by atoms with Crippen LogP contribution in [0.5, 0.6) is 0 Å². The summed E-state index contributed by atoms with van der Waals surface area (Å²) in [7, 11) is 0. The molecule has 0 aromatic heterocycles. The summed E-state index contributed by atoms with van der Waals surface area (Å²) in [6.45, 7) is 1.48. The minimum Gasteiger partial charge on any atom is -0.456 e. The molecule has 8 heteroatoms. The van der Waals surface area contributed by atoms with Gasteiger partial charge in [-0.25, -0.2) is 0 Å². The van der Waals surface area contributed by atoms with Crippen molar-refractivity contribution in [1.29, 1.82) is 0 Å². The van der Waals surface area contributed by atoms with E-state index in [4.69, 9.17) is 16.3 Å². The lowest BCUT2D eigenvalue weighted by molar-refractivity contribution is -0.147. The van der Waals surface area contributed by atoms with E-state index in [-0.39, 0.29) is 18.7 Å². The Morgan fingerprint density at radius 2 is 1.78 bits per heavy atom. The van der Waals surface area contributed by atoms with Crippen LogP contribution in [0, 0.1) is 6.92 Å². The molecule has 2 aromatic carbocycles. The summed E-state index contributed by atoms with van der Waals surface area (Å²) in [6.07, 6.45) is -0.210. The highest BCUT2D eigenvalue weighted by Crippen LogP contribution is 2.21. The summed E-state index contributed by atoms with van der Waals surface area (Å²) in [4.78, 5) is 35.4. The van der Waals surface area contributed by atoms with Crippen LogP contribution in [0.2, 0.25) is 5.02 Å². The number of esters is 1. The van der Waals surface area contributed by atoms with Crippen molar-refractivity contribution >= 4 is 56.7 Å². The molecular formula is C19H18BrClN2O4. The fourth-order valence-corrected chi connectivity index (χ4v) is 2.56. The molecule has 0 heterocycles. The van der Waals surface area contributed by atoms with Crippen LogP contribution in [0.25, 0.3) is 0 Å². The van der Waals surface area contributed by atoms with E-state index < -0.39 is 18.5 Å². The summed E-state index contributed by atoms with van der Waals surface area (Å²) in [5, 5.41) is 5.66. The first-order chi connectivity index (χ1) is 12.8. The second kappa shape index (κ2) is 10.1. The predicted molar refractivity (Wildman–Crippen MR) is 108 cm³/mol. The van der Waals surface area contributed by atoms with Crippen molar-refractivity contribution in [3.63, 3.8) is 0 Å². The summed E-state index contributed by atoms with van der Waals surface area (Å²) < 4.78 is 5.82. The van der Waals surface area contributed by atoms with Crippen LogP contribution >= 0.6 is 27.5 Å². The van der Waals surface area contributed by atoms with Gasteiger partial charge in [0.15, 0.2) is 6.61 Å². The average Bonchev–Trinajstić information content (AvgIpc) is 2.63. The predicted octanol–water partition coefficient (Wildman–Crippen LogP) is 4.31. The topological polar surface area (TPSA) is 84.5 Å². The van der Waals surface area contributed by atoms with Crippen molar-refractivity contribution in [1.82, 2.24) is 0 Å². The number of amides is 2. The lowest BCUT2D eigenvalue weighted by atomic mass is 10.2. The smallest absolute Gasteiger partial charge is 0.306 e. The maximum atomic E-state index is 11.8. The van der Waals surface area contributed by atoms with Gasteiger partial charge < -0.3 is 15.4 Å². The minimum absolute atomic E-state index is 0.0718. The molecule has 0 aliphatic rings. The SMILES string of the molecule is Cc1cc(NC(=O)COC(=O)CCC(=O)Nc2ccccc2Cl)ccc1Br. The first-order valence-corrected chi connectivity index (χ1v) is 9.28. The Hall–Kier alpha value is -2.38. The molecule has 2 aromatic rings. The van der Waals surface area contributed by atoms with Gasteiger partial charge in [0.2, 0.25) is 5.91 Å². The van der Waals surface area contributed by atoms with Crippen LogP contribution in [0.4, 0.5) is 11.4 Å². The van der Waals surface area contributed by atoms with E-state index >= 15 is 0 Å². The zero-order valence-electron chi connectivity index (χ0n) is 14.6. The number of carbonyl (C=O) groups excluding carboxylic acids is 3. The van der Waals surface area contributed by atoms with E-state index in [1.807, 2.05) is 13.0 Å². The van der Waals surface area contributed by atoms with Gasteiger partial charge in [-0.3, -0.25) is 14.4 Å². The highest BCUT2D eigenvalue weighted by molar-refractivity contribution is 9.10. The zero-order valence-corrected chi connectivity index (χ0v) is 16.9. The van der Waals surface area contributed by atoms with Crippen LogP contribution in [-0.4, -0.2) is 24.4 Å². The molecular weight excluding hydrogens is 436 g/mol. The van der Waals surface area contributed by atoms with E-state index in [1.54, 1.807) is 36.4 Å². The molecule has 0 fully saturated rings. The van der Waals surface area contributed by atoms with Gasteiger partial charge in [0.25, 0.3) is 5.91 Å². The second-order valence-corrected chi connectivity index (χ2v) is 6.96. The van der Waals surface area contributed by atoms with Gasteiger partial charge >= 0.3 is 5.97 Å². The number of para-hydroxylation sites is 1. The first kappa shape index (κ1) is 20.9. The maximum absolute atomic E-state index is 11.8. The molecule has 0 bridgehead atoms. The van der Waals surface area contributed by atoms with Crippen molar-refractivity contribution in [3.05, 3.63) is 57.5 Å². The summed E-state index contributed by atoms with van der Waals surface area (Å²) in [6, 6.07) is 12.1.